The van der Waals surface area contributed by atoms with E-state index in [0.29, 0.717) is 41.0 Å². The van der Waals surface area contributed by atoms with Crippen molar-refractivity contribution in [3.05, 3.63) is 58.0 Å². The number of benzene rings is 2. The van der Waals surface area contributed by atoms with Crippen LogP contribution in [0.1, 0.15) is 32.3 Å². The van der Waals surface area contributed by atoms with E-state index in [0.717, 1.165) is 29.5 Å². The number of carbonyl (C=O) groups is 3. The monoisotopic (exact) mass is 488 g/mol. The molecule has 1 fully saturated rings. The van der Waals surface area contributed by atoms with E-state index in [4.69, 9.17) is 21.1 Å². The summed E-state index contributed by atoms with van der Waals surface area (Å²) in [6, 6.07) is 12.0. The Bertz CT molecular complexity index is 1070. The van der Waals surface area contributed by atoms with Crippen molar-refractivity contribution >= 4 is 52.2 Å². The maximum Gasteiger partial charge on any atom is 0.294 e. The summed E-state index contributed by atoms with van der Waals surface area (Å²) in [6.45, 7) is 4.63. The zero-order valence-corrected chi connectivity index (χ0v) is 20.0. The molecule has 2 aromatic rings. The molecule has 1 aliphatic heterocycles. The van der Waals surface area contributed by atoms with Gasteiger partial charge in [0.2, 0.25) is 5.91 Å². The number of thioether (sulfide) groups is 1. The van der Waals surface area contributed by atoms with Crippen LogP contribution in [-0.4, -0.2) is 41.7 Å². The standard InChI is InChI=1S/C24H25ClN2O5S/c1-3-5-11-32-19-10-9-16(12-20(19)31-4-2)13-21-23(29)27(24(30)33-21)15-22(28)26-18-8-6-7-17(25)14-18/h6-10,12-14H,3-5,11,15H2,1-2H3,(H,26,28)/b21-13-. The number of anilines is 1. The lowest BCUT2D eigenvalue weighted by atomic mass is 10.2. The summed E-state index contributed by atoms with van der Waals surface area (Å²) in [4.78, 5) is 38.6. The van der Waals surface area contributed by atoms with Crippen molar-refractivity contribution in [1.29, 1.82) is 0 Å². The van der Waals surface area contributed by atoms with Crippen LogP contribution in [0.3, 0.4) is 0 Å². The molecule has 1 aliphatic rings. The number of carbonyl (C=O) groups excluding carboxylic acids is 3. The Morgan fingerprint density at radius 2 is 1.94 bits per heavy atom. The van der Waals surface area contributed by atoms with Crippen molar-refractivity contribution in [3.63, 3.8) is 0 Å². The molecule has 3 rings (SSSR count). The highest BCUT2D eigenvalue weighted by atomic mass is 35.5. The van der Waals surface area contributed by atoms with Gasteiger partial charge in [0.05, 0.1) is 18.1 Å². The van der Waals surface area contributed by atoms with Crippen molar-refractivity contribution in [2.75, 3.05) is 25.1 Å². The van der Waals surface area contributed by atoms with E-state index in [9.17, 15) is 14.4 Å². The maximum absolute atomic E-state index is 12.8. The number of rotatable bonds is 10. The SMILES string of the molecule is CCCCOc1ccc(/C=C2\SC(=O)N(CC(=O)Nc3cccc(Cl)c3)C2=O)cc1OCC. The van der Waals surface area contributed by atoms with Crippen LogP contribution in [0.25, 0.3) is 6.08 Å². The van der Waals surface area contributed by atoms with Gasteiger partial charge in [-0.1, -0.05) is 37.1 Å². The molecule has 0 aromatic heterocycles. The summed E-state index contributed by atoms with van der Waals surface area (Å²) in [7, 11) is 0. The van der Waals surface area contributed by atoms with Gasteiger partial charge in [0, 0.05) is 10.7 Å². The Balaban J connectivity index is 1.70. The van der Waals surface area contributed by atoms with Crippen molar-refractivity contribution in [3.8, 4) is 11.5 Å². The van der Waals surface area contributed by atoms with E-state index in [2.05, 4.69) is 12.2 Å². The first-order chi connectivity index (χ1) is 15.9. The molecule has 0 saturated carbocycles. The quantitative estimate of drug-likeness (QED) is 0.346. The van der Waals surface area contributed by atoms with Crippen LogP contribution in [0.5, 0.6) is 11.5 Å². The van der Waals surface area contributed by atoms with Crippen LogP contribution in [0.4, 0.5) is 10.5 Å². The van der Waals surface area contributed by atoms with E-state index in [1.54, 1.807) is 48.5 Å². The number of unbranched alkanes of at least 4 members (excludes halogenated alkanes) is 1. The summed E-state index contributed by atoms with van der Waals surface area (Å²) in [5, 5.41) is 2.60. The number of hydrogen-bond donors (Lipinski definition) is 1. The molecular formula is C24H25ClN2O5S. The van der Waals surface area contributed by atoms with Crippen molar-refractivity contribution in [2.24, 2.45) is 0 Å². The molecular weight excluding hydrogens is 464 g/mol. The fourth-order valence-electron chi connectivity index (χ4n) is 3.03. The summed E-state index contributed by atoms with van der Waals surface area (Å²) in [5.41, 5.74) is 1.18. The zero-order valence-electron chi connectivity index (χ0n) is 18.4. The second-order valence-electron chi connectivity index (χ2n) is 7.17. The van der Waals surface area contributed by atoms with Gasteiger partial charge in [-0.3, -0.25) is 19.3 Å². The van der Waals surface area contributed by atoms with Crippen molar-refractivity contribution in [1.82, 2.24) is 4.90 Å². The summed E-state index contributed by atoms with van der Waals surface area (Å²) < 4.78 is 11.5. The summed E-state index contributed by atoms with van der Waals surface area (Å²) in [5.74, 6) is 0.191. The predicted molar refractivity (Wildman–Crippen MR) is 131 cm³/mol. The first-order valence-electron chi connectivity index (χ1n) is 10.6. The lowest BCUT2D eigenvalue weighted by Crippen LogP contribution is -2.36. The maximum atomic E-state index is 12.8. The number of hydrogen-bond acceptors (Lipinski definition) is 6. The van der Waals surface area contributed by atoms with Crippen LogP contribution in [-0.2, 0) is 9.59 Å². The predicted octanol–water partition coefficient (Wildman–Crippen LogP) is 5.59. The first-order valence-corrected chi connectivity index (χ1v) is 11.8. The number of nitrogens with one attached hydrogen (secondary N) is 1. The number of imide groups is 1. The van der Waals surface area contributed by atoms with Crippen LogP contribution >= 0.6 is 23.4 Å². The largest absolute Gasteiger partial charge is 0.490 e. The molecule has 0 atom stereocenters. The Kier molecular flexibility index (Phi) is 8.79. The van der Waals surface area contributed by atoms with Crippen LogP contribution in [0, 0.1) is 0 Å². The van der Waals surface area contributed by atoms with E-state index in [-0.39, 0.29) is 11.4 Å². The summed E-state index contributed by atoms with van der Waals surface area (Å²) in [6.07, 6.45) is 3.57. The van der Waals surface area contributed by atoms with Gasteiger partial charge in [0.15, 0.2) is 11.5 Å². The molecule has 3 amide bonds. The molecule has 33 heavy (non-hydrogen) atoms. The number of amides is 3. The number of ether oxygens (including phenoxy) is 2. The molecule has 1 saturated heterocycles. The Morgan fingerprint density at radius 1 is 1.12 bits per heavy atom. The van der Waals surface area contributed by atoms with Crippen molar-refractivity contribution < 1.29 is 23.9 Å². The molecule has 1 N–H and O–H groups in total. The molecule has 0 spiro atoms. The van der Waals surface area contributed by atoms with Gasteiger partial charge in [-0.05, 0) is 67.1 Å². The van der Waals surface area contributed by atoms with Gasteiger partial charge in [-0.15, -0.1) is 0 Å². The molecule has 0 unspecified atom stereocenters. The highest BCUT2D eigenvalue weighted by Gasteiger charge is 2.36. The molecule has 2 aromatic carbocycles. The highest BCUT2D eigenvalue weighted by Crippen LogP contribution is 2.34. The van der Waals surface area contributed by atoms with Crippen LogP contribution in [0.2, 0.25) is 5.02 Å². The Morgan fingerprint density at radius 3 is 2.67 bits per heavy atom. The third-order valence-corrected chi connectivity index (χ3v) is 5.75. The minimum absolute atomic E-state index is 0.234. The smallest absolute Gasteiger partial charge is 0.294 e. The highest BCUT2D eigenvalue weighted by molar-refractivity contribution is 8.18. The van der Waals surface area contributed by atoms with Crippen LogP contribution < -0.4 is 14.8 Å². The zero-order chi connectivity index (χ0) is 23.8. The van der Waals surface area contributed by atoms with E-state index in [1.807, 2.05) is 6.92 Å². The minimum Gasteiger partial charge on any atom is -0.490 e. The van der Waals surface area contributed by atoms with E-state index in [1.165, 1.54) is 0 Å². The van der Waals surface area contributed by atoms with Gasteiger partial charge in [0.1, 0.15) is 6.54 Å². The molecule has 9 heteroatoms. The Hall–Kier alpha value is -2.97. The van der Waals surface area contributed by atoms with Crippen molar-refractivity contribution in [2.45, 2.75) is 26.7 Å². The first kappa shape index (κ1) is 24.7. The van der Waals surface area contributed by atoms with Crippen LogP contribution in [0.15, 0.2) is 47.4 Å². The normalized spacial score (nSPS) is 14.6. The Labute approximate surface area is 202 Å². The van der Waals surface area contributed by atoms with E-state index < -0.39 is 17.1 Å². The van der Waals surface area contributed by atoms with Gasteiger partial charge in [0.25, 0.3) is 11.1 Å². The molecule has 1 heterocycles. The lowest BCUT2D eigenvalue weighted by molar-refractivity contribution is -0.127. The molecule has 7 nitrogen and oxygen atoms in total. The minimum atomic E-state index is -0.521. The van der Waals surface area contributed by atoms with E-state index >= 15 is 0 Å². The molecule has 174 valence electrons. The fraction of sp³-hybridized carbons (Fsp3) is 0.292. The third kappa shape index (κ3) is 6.76. The fourth-order valence-corrected chi connectivity index (χ4v) is 4.06. The molecule has 0 bridgehead atoms. The van der Waals surface area contributed by atoms with Gasteiger partial charge in [-0.2, -0.15) is 0 Å². The molecule has 0 radical (unpaired) electrons. The average molecular weight is 489 g/mol. The average Bonchev–Trinajstić information content (AvgIpc) is 3.03. The second kappa shape index (κ2) is 11.8. The number of nitrogens with zero attached hydrogens (tertiary/aromatic N) is 1. The lowest BCUT2D eigenvalue weighted by Gasteiger charge is -2.13. The third-order valence-electron chi connectivity index (χ3n) is 4.60. The van der Waals surface area contributed by atoms with Gasteiger partial charge < -0.3 is 14.8 Å². The second-order valence-corrected chi connectivity index (χ2v) is 8.60. The number of halogens is 1. The molecule has 0 aliphatic carbocycles. The summed E-state index contributed by atoms with van der Waals surface area (Å²) >= 11 is 6.71. The van der Waals surface area contributed by atoms with Gasteiger partial charge >= 0.3 is 0 Å². The topological polar surface area (TPSA) is 84.9 Å². The van der Waals surface area contributed by atoms with Gasteiger partial charge in [-0.25, -0.2) is 0 Å².